The SMILES string of the molecule is CC(C)(C)C(CC(Cl)OC(Cl)CC(O[SiH](c1ccccc1)c1ccccc1)C(C)(C)C)O[SiH](c1ccccc1)c1ccccc1. The van der Waals surface area contributed by atoms with Crippen LogP contribution in [0.1, 0.15) is 54.4 Å². The minimum atomic E-state index is -1.99. The van der Waals surface area contributed by atoms with Crippen LogP contribution < -0.4 is 20.7 Å². The molecule has 7 heteroatoms. The molecule has 0 aliphatic rings. The molecule has 240 valence electrons. The maximum atomic E-state index is 7.04. The van der Waals surface area contributed by atoms with E-state index in [-0.39, 0.29) is 23.0 Å². The molecule has 0 heterocycles. The Kier molecular flexibility index (Phi) is 13.1. The smallest absolute Gasteiger partial charge is 0.240 e. The van der Waals surface area contributed by atoms with Crippen LogP contribution in [0.2, 0.25) is 0 Å². The van der Waals surface area contributed by atoms with Crippen molar-refractivity contribution in [2.45, 2.75) is 77.7 Å². The number of rotatable bonds is 14. The van der Waals surface area contributed by atoms with E-state index >= 15 is 0 Å². The van der Waals surface area contributed by atoms with Gasteiger partial charge in [-0.1, -0.05) is 186 Å². The molecule has 3 nitrogen and oxygen atoms in total. The summed E-state index contributed by atoms with van der Waals surface area (Å²) in [6, 6.07) is 42.2. The van der Waals surface area contributed by atoms with E-state index in [9.17, 15) is 0 Å². The van der Waals surface area contributed by atoms with Crippen molar-refractivity contribution in [3.8, 4) is 0 Å². The molecule has 0 amide bonds. The number of benzene rings is 4. The summed E-state index contributed by atoms with van der Waals surface area (Å²) in [6.07, 6.45) is 0.764. The molecule has 0 aromatic heterocycles. The van der Waals surface area contributed by atoms with Gasteiger partial charge in [0, 0.05) is 12.8 Å². The molecule has 0 aliphatic heterocycles. The standard InChI is InChI=1S/C38H48Cl2O3Si2/c1-37(2,3)33(42-44(29-19-11-7-12-20-29)30-21-13-8-14-22-30)27-35(39)41-36(40)28-34(38(4,5)6)43-45(31-23-15-9-16-24-31)32-25-17-10-18-26-32/h7-26,33-36,44-45H,27-28H2,1-6H3. The average molecular weight is 680 g/mol. The molecule has 0 saturated heterocycles. The van der Waals surface area contributed by atoms with E-state index in [2.05, 4.69) is 139 Å². The maximum absolute atomic E-state index is 7.04. The Bertz CT molecular complexity index is 1210. The summed E-state index contributed by atoms with van der Waals surface area (Å²) in [5, 5.41) is 4.95. The van der Waals surface area contributed by atoms with E-state index < -0.39 is 29.2 Å². The van der Waals surface area contributed by atoms with Crippen LogP contribution in [-0.2, 0) is 13.6 Å². The first-order valence-corrected chi connectivity index (χ1v) is 20.0. The molecule has 0 fully saturated rings. The highest BCUT2D eigenvalue weighted by molar-refractivity contribution is 6.80. The molecule has 4 aromatic rings. The molecule has 0 aliphatic carbocycles. The van der Waals surface area contributed by atoms with Crippen LogP contribution in [0.4, 0.5) is 0 Å². The van der Waals surface area contributed by atoms with Crippen LogP contribution in [0.15, 0.2) is 121 Å². The minimum absolute atomic E-state index is 0.136. The van der Waals surface area contributed by atoms with E-state index in [1.54, 1.807) is 0 Å². The first-order chi connectivity index (χ1) is 21.4. The normalized spacial score (nSPS) is 15.2. The van der Waals surface area contributed by atoms with E-state index in [0.29, 0.717) is 12.8 Å². The zero-order valence-corrected chi connectivity index (χ0v) is 31.2. The molecule has 4 aromatic carbocycles. The second kappa shape index (κ2) is 16.6. The Balaban J connectivity index is 1.47. The average Bonchev–Trinajstić information content (AvgIpc) is 3.02. The van der Waals surface area contributed by atoms with Gasteiger partial charge in [-0.15, -0.1) is 0 Å². The number of hydrogen-bond acceptors (Lipinski definition) is 3. The van der Waals surface area contributed by atoms with E-state index in [0.717, 1.165) is 0 Å². The van der Waals surface area contributed by atoms with Crippen molar-refractivity contribution in [1.29, 1.82) is 0 Å². The third-order valence-electron chi connectivity index (χ3n) is 8.04. The monoisotopic (exact) mass is 678 g/mol. The molecule has 0 N–H and O–H groups in total. The van der Waals surface area contributed by atoms with Gasteiger partial charge in [0.2, 0.25) is 18.1 Å². The van der Waals surface area contributed by atoms with Gasteiger partial charge in [-0.3, -0.25) is 0 Å². The third-order valence-corrected chi connectivity index (χ3v) is 13.8. The molecule has 4 unspecified atom stereocenters. The van der Waals surface area contributed by atoms with Crippen LogP contribution in [0.25, 0.3) is 0 Å². The highest BCUT2D eigenvalue weighted by Crippen LogP contribution is 2.32. The third kappa shape index (κ3) is 10.9. The summed E-state index contributed by atoms with van der Waals surface area (Å²) < 4.78 is 20.4. The Morgan fingerprint density at radius 1 is 0.467 bits per heavy atom. The van der Waals surface area contributed by atoms with Crippen molar-refractivity contribution in [2.75, 3.05) is 0 Å². The molecule has 0 bridgehead atoms. The van der Waals surface area contributed by atoms with Crippen molar-refractivity contribution in [3.63, 3.8) is 0 Å². The largest absolute Gasteiger partial charge is 0.407 e. The Labute approximate surface area is 284 Å². The Morgan fingerprint density at radius 3 is 0.933 bits per heavy atom. The van der Waals surface area contributed by atoms with Crippen LogP contribution >= 0.6 is 23.2 Å². The second-order valence-electron chi connectivity index (χ2n) is 13.8. The number of hydrogen-bond donors (Lipinski definition) is 0. The molecular formula is C38H48Cl2O3Si2. The van der Waals surface area contributed by atoms with Gasteiger partial charge in [0.25, 0.3) is 0 Å². The first-order valence-electron chi connectivity index (χ1n) is 15.9. The predicted molar refractivity (Wildman–Crippen MR) is 197 cm³/mol. The molecule has 4 rings (SSSR count). The fourth-order valence-electron chi connectivity index (χ4n) is 5.37. The van der Waals surface area contributed by atoms with Gasteiger partial charge >= 0.3 is 0 Å². The van der Waals surface area contributed by atoms with Gasteiger partial charge < -0.3 is 13.6 Å². The van der Waals surface area contributed by atoms with Gasteiger partial charge in [-0.05, 0) is 31.6 Å². The van der Waals surface area contributed by atoms with Crippen LogP contribution in [0.3, 0.4) is 0 Å². The summed E-state index contributed by atoms with van der Waals surface area (Å²) in [4.78, 5) is 0. The first kappa shape index (κ1) is 35.6. The van der Waals surface area contributed by atoms with E-state index in [1.165, 1.54) is 20.7 Å². The fourth-order valence-corrected chi connectivity index (χ4v) is 11.4. The summed E-state index contributed by atoms with van der Waals surface area (Å²) in [6.45, 7) is 13.2. The molecular weight excluding hydrogens is 631 g/mol. The molecule has 45 heavy (non-hydrogen) atoms. The lowest BCUT2D eigenvalue weighted by Crippen LogP contribution is -2.50. The van der Waals surface area contributed by atoms with Gasteiger partial charge in [-0.25, -0.2) is 0 Å². The number of alkyl halides is 2. The maximum Gasteiger partial charge on any atom is 0.240 e. The zero-order chi connectivity index (χ0) is 32.5. The molecule has 0 radical (unpaired) electrons. The second-order valence-corrected chi connectivity index (χ2v) is 19.5. The number of ether oxygens (including phenoxy) is 1. The lowest BCUT2D eigenvalue weighted by atomic mass is 9.87. The van der Waals surface area contributed by atoms with Crippen LogP contribution in [0, 0.1) is 10.8 Å². The summed E-state index contributed by atoms with van der Waals surface area (Å²) in [5.74, 6) is 0. The van der Waals surface area contributed by atoms with Crippen molar-refractivity contribution in [2.24, 2.45) is 10.8 Å². The van der Waals surface area contributed by atoms with Crippen molar-refractivity contribution < 1.29 is 13.6 Å². The van der Waals surface area contributed by atoms with Crippen LogP contribution in [0.5, 0.6) is 0 Å². The predicted octanol–water partition coefficient (Wildman–Crippen LogP) is 6.85. The quantitative estimate of drug-likeness (QED) is 0.108. The van der Waals surface area contributed by atoms with Crippen molar-refractivity contribution in [3.05, 3.63) is 121 Å². The molecule has 0 spiro atoms. The van der Waals surface area contributed by atoms with Gasteiger partial charge in [0.15, 0.2) is 0 Å². The lowest BCUT2D eigenvalue weighted by Gasteiger charge is -2.37. The van der Waals surface area contributed by atoms with E-state index in [1.807, 2.05) is 24.3 Å². The zero-order valence-electron chi connectivity index (χ0n) is 27.4. The highest BCUT2D eigenvalue weighted by atomic mass is 35.5. The Hall–Kier alpha value is -2.23. The summed E-state index contributed by atoms with van der Waals surface area (Å²) in [7, 11) is -3.98. The number of halogens is 2. The van der Waals surface area contributed by atoms with E-state index in [4.69, 9.17) is 36.8 Å². The van der Waals surface area contributed by atoms with Gasteiger partial charge in [0.1, 0.15) is 11.1 Å². The van der Waals surface area contributed by atoms with Crippen molar-refractivity contribution >= 4 is 62.0 Å². The fraction of sp³-hybridized carbons (Fsp3) is 0.368. The highest BCUT2D eigenvalue weighted by Gasteiger charge is 2.35. The van der Waals surface area contributed by atoms with Crippen LogP contribution in [-0.4, -0.2) is 41.4 Å². The van der Waals surface area contributed by atoms with Gasteiger partial charge in [0.05, 0.1) is 12.2 Å². The topological polar surface area (TPSA) is 27.7 Å². The lowest BCUT2D eigenvalue weighted by molar-refractivity contribution is -0.0119. The Morgan fingerprint density at radius 2 is 0.711 bits per heavy atom. The minimum Gasteiger partial charge on any atom is -0.407 e. The van der Waals surface area contributed by atoms with Crippen molar-refractivity contribution in [1.82, 2.24) is 0 Å². The summed E-state index contributed by atoms with van der Waals surface area (Å²) >= 11 is 13.9. The molecule has 4 atom stereocenters. The van der Waals surface area contributed by atoms with Gasteiger partial charge in [-0.2, -0.15) is 0 Å². The summed E-state index contributed by atoms with van der Waals surface area (Å²) in [5.41, 5.74) is -1.55. The molecule has 0 saturated carbocycles.